The number of aryl methyl sites for hydroxylation is 1. The first-order valence-corrected chi connectivity index (χ1v) is 6.29. The fourth-order valence-corrected chi connectivity index (χ4v) is 1.68. The smallest absolute Gasteiger partial charge is 0.328 e. The van der Waals surface area contributed by atoms with E-state index in [9.17, 15) is 9.59 Å². The molecule has 2 atom stereocenters. The maximum atomic E-state index is 11.7. The van der Waals surface area contributed by atoms with Gasteiger partial charge >= 0.3 is 12.0 Å². The van der Waals surface area contributed by atoms with E-state index in [2.05, 4.69) is 10.6 Å². The first-order valence-electron chi connectivity index (χ1n) is 6.29. The molecule has 6 nitrogen and oxygen atoms in total. The lowest BCUT2D eigenvalue weighted by atomic mass is 10.1. The number of amides is 2. The summed E-state index contributed by atoms with van der Waals surface area (Å²) in [6, 6.07) is 5.93. The van der Waals surface area contributed by atoms with Crippen molar-refractivity contribution in [1.29, 1.82) is 0 Å². The Labute approximate surface area is 118 Å². The number of carboxylic acid groups (broad SMARTS) is 1. The van der Waals surface area contributed by atoms with E-state index in [4.69, 9.17) is 9.84 Å². The molecule has 0 heterocycles. The molecule has 0 aliphatic rings. The molecule has 0 aliphatic heterocycles. The molecule has 0 aliphatic carbocycles. The van der Waals surface area contributed by atoms with E-state index in [0.29, 0.717) is 0 Å². The number of benzene rings is 1. The quantitative estimate of drug-likeness (QED) is 0.736. The van der Waals surface area contributed by atoms with E-state index in [1.807, 2.05) is 38.1 Å². The third-order valence-corrected chi connectivity index (χ3v) is 2.86. The zero-order valence-corrected chi connectivity index (χ0v) is 11.8. The highest BCUT2D eigenvalue weighted by Gasteiger charge is 2.20. The molecular formula is C14H20N2O4. The standard InChI is InChI=1S/C14H20N2O4/c1-9-4-6-11(7-5-9)10(2)15-14(19)16-12(8-20-3)13(17)18/h4-7,10,12H,8H2,1-3H3,(H,17,18)(H2,15,16,19). The van der Waals surface area contributed by atoms with Gasteiger partial charge in [-0.05, 0) is 19.4 Å². The van der Waals surface area contributed by atoms with Crippen LogP contribution in [0.5, 0.6) is 0 Å². The van der Waals surface area contributed by atoms with Crippen LogP contribution >= 0.6 is 0 Å². The Hall–Kier alpha value is -2.08. The highest BCUT2D eigenvalue weighted by atomic mass is 16.5. The minimum absolute atomic E-state index is 0.0817. The van der Waals surface area contributed by atoms with Crippen LogP contribution in [0.2, 0.25) is 0 Å². The summed E-state index contributed by atoms with van der Waals surface area (Å²) in [4.78, 5) is 22.6. The lowest BCUT2D eigenvalue weighted by Crippen LogP contribution is -2.48. The Morgan fingerprint density at radius 2 is 1.85 bits per heavy atom. The van der Waals surface area contributed by atoms with Crippen molar-refractivity contribution in [3.05, 3.63) is 35.4 Å². The van der Waals surface area contributed by atoms with E-state index in [1.165, 1.54) is 7.11 Å². The highest BCUT2D eigenvalue weighted by molar-refractivity contribution is 5.82. The summed E-state index contributed by atoms with van der Waals surface area (Å²) in [5.41, 5.74) is 2.08. The van der Waals surface area contributed by atoms with Crippen LogP contribution in [-0.4, -0.2) is 36.9 Å². The molecule has 2 unspecified atom stereocenters. The van der Waals surface area contributed by atoms with E-state index in [1.54, 1.807) is 0 Å². The summed E-state index contributed by atoms with van der Waals surface area (Å²) >= 11 is 0. The zero-order valence-electron chi connectivity index (χ0n) is 11.8. The first kappa shape index (κ1) is 16.0. The van der Waals surface area contributed by atoms with Gasteiger partial charge in [-0.1, -0.05) is 29.8 Å². The minimum atomic E-state index is -1.13. The van der Waals surface area contributed by atoms with Gasteiger partial charge in [0.25, 0.3) is 0 Å². The molecule has 1 rings (SSSR count). The van der Waals surface area contributed by atoms with Crippen molar-refractivity contribution in [1.82, 2.24) is 10.6 Å². The van der Waals surface area contributed by atoms with E-state index in [-0.39, 0.29) is 12.6 Å². The molecule has 2 amide bonds. The molecule has 0 fully saturated rings. The van der Waals surface area contributed by atoms with Crippen molar-refractivity contribution in [2.24, 2.45) is 0 Å². The van der Waals surface area contributed by atoms with Crippen molar-refractivity contribution < 1.29 is 19.4 Å². The Bertz CT molecular complexity index is 459. The van der Waals surface area contributed by atoms with Crippen molar-refractivity contribution in [2.75, 3.05) is 13.7 Å². The predicted molar refractivity (Wildman–Crippen MR) is 74.6 cm³/mol. The van der Waals surface area contributed by atoms with Crippen molar-refractivity contribution in [2.45, 2.75) is 25.9 Å². The van der Waals surface area contributed by atoms with Gasteiger partial charge in [-0.2, -0.15) is 0 Å². The normalized spacial score (nSPS) is 13.3. The Morgan fingerprint density at radius 3 is 2.35 bits per heavy atom. The Morgan fingerprint density at radius 1 is 1.25 bits per heavy atom. The summed E-state index contributed by atoms with van der Waals surface area (Å²) in [6.07, 6.45) is 0. The zero-order chi connectivity index (χ0) is 15.1. The van der Waals surface area contributed by atoms with Crippen LogP contribution < -0.4 is 10.6 Å². The topological polar surface area (TPSA) is 87.7 Å². The second kappa shape index (κ2) is 7.49. The lowest BCUT2D eigenvalue weighted by molar-refractivity contribution is -0.140. The van der Waals surface area contributed by atoms with Gasteiger partial charge in [-0.3, -0.25) is 0 Å². The van der Waals surface area contributed by atoms with Gasteiger partial charge in [-0.15, -0.1) is 0 Å². The molecule has 0 radical (unpaired) electrons. The number of carbonyl (C=O) groups is 2. The molecule has 0 aromatic heterocycles. The van der Waals surface area contributed by atoms with E-state index < -0.39 is 18.0 Å². The fraction of sp³-hybridized carbons (Fsp3) is 0.429. The largest absolute Gasteiger partial charge is 0.480 e. The van der Waals surface area contributed by atoms with Crippen LogP contribution in [0.3, 0.4) is 0 Å². The van der Waals surface area contributed by atoms with Crippen LogP contribution in [0, 0.1) is 6.92 Å². The second-order valence-corrected chi connectivity index (χ2v) is 4.60. The first-order chi connectivity index (χ1) is 9.43. The summed E-state index contributed by atoms with van der Waals surface area (Å²) in [6.45, 7) is 3.73. The lowest BCUT2D eigenvalue weighted by Gasteiger charge is -2.18. The molecule has 3 N–H and O–H groups in total. The second-order valence-electron chi connectivity index (χ2n) is 4.60. The van der Waals surface area contributed by atoms with Crippen molar-refractivity contribution in [3.8, 4) is 0 Å². The summed E-state index contributed by atoms with van der Waals surface area (Å²) in [5, 5.41) is 14.0. The third-order valence-electron chi connectivity index (χ3n) is 2.86. The molecule has 0 bridgehead atoms. The number of carboxylic acids is 1. The molecular weight excluding hydrogens is 260 g/mol. The Kier molecular flexibility index (Phi) is 5.99. The minimum Gasteiger partial charge on any atom is -0.480 e. The molecule has 0 saturated carbocycles. The van der Waals surface area contributed by atoms with Crippen LogP contribution in [0.1, 0.15) is 24.1 Å². The SMILES string of the molecule is COCC(NC(=O)NC(C)c1ccc(C)cc1)C(=O)O. The van der Waals surface area contributed by atoms with Gasteiger partial charge < -0.3 is 20.5 Å². The van der Waals surface area contributed by atoms with Gasteiger partial charge in [-0.25, -0.2) is 9.59 Å². The number of hydrogen-bond acceptors (Lipinski definition) is 3. The number of urea groups is 1. The van der Waals surface area contributed by atoms with Crippen molar-refractivity contribution >= 4 is 12.0 Å². The van der Waals surface area contributed by atoms with Crippen LogP contribution in [0.4, 0.5) is 4.79 Å². The highest BCUT2D eigenvalue weighted by Crippen LogP contribution is 2.12. The van der Waals surface area contributed by atoms with Gasteiger partial charge in [0.05, 0.1) is 12.6 Å². The summed E-state index contributed by atoms with van der Waals surface area (Å²) in [5.74, 6) is -1.13. The van der Waals surface area contributed by atoms with Crippen LogP contribution in [-0.2, 0) is 9.53 Å². The van der Waals surface area contributed by atoms with Crippen LogP contribution in [0.25, 0.3) is 0 Å². The molecule has 110 valence electrons. The molecule has 20 heavy (non-hydrogen) atoms. The molecule has 0 spiro atoms. The summed E-state index contributed by atoms with van der Waals surface area (Å²) in [7, 11) is 1.38. The average molecular weight is 280 g/mol. The fourth-order valence-electron chi connectivity index (χ4n) is 1.68. The number of ether oxygens (including phenoxy) is 1. The number of hydrogen-bond donors (Lipinski definition) is 3. The molecule has 6 heteroatoms. The molecule has 1 aromatic carbocycles. The van der Waals surface area contributed by atoms with E-state index >= 15 is 0 Å². The number of rotatable bonds is 6. The number of carbonyl (C=O) groups excluding carboxylic acids is 1. The number of aliphatic carboxylic acids is 1. The molecule has 0 saturated heterocycles. The average Bonchev–Trinajstić information content (AvgIpc) is 2.38. The number of nitrogens with one attached hydrogen (secondary N) is 2. The Balaban J connectivity index is 2.56. The maximum absolute atomic E-state index is 11.7. The van der Waals surface area contributed by atoms with Gasteiger partial charge in [0.15, 0.2) is 6.04 Å². The molecule has 1 aromatic rings. The maximum Gasteiger partial charge on any atom is 0.328 e. The van der Waals surface area contributed by atoms with Crippen LogP contribution in [0.15, 0.2) is 24.3 Å². The third kappa shape index (κ3) is 4.89. The van der Waals surface area contributed by atoms with Crippen molar-refractivity contribution in [3.63, 3.8) is 0 Å². The van der Waals surface area contributed by atoms with E-state index in [0.717, 1.165) is 11.1 Å². The summed E-state index contributed by atoms with van der Waals surface area (Å²) < 4.78 is 4.75. The predicted octanol–water partition coefficient (Wildman–Crippen LogP) is 1.45. The number of methoxy groups -OCH3 is 1. The van der Waals surface area contributed by atoms with Gasteiger partial charge in [0.2, 0.25) is 0 Å². The monoisotopic (exact) mass is 280 g/mol. The van der Waals surface area contributed by atoms with Gasteiger partial charge in [0, 0.05) is 7.11 Å². The van der Waals surface area contributed by atoms with Gasteiger partial charge in [0.1, 0.15) is 0 Å².